The van der Waals surface area contributed by atoms with Crippen molar-refractivity contribution in [2.45, 2.75) is 24.8 Å². The van der Waals surface area contributed by atoms with E-state index in [4.69, 9.17) is 11.6 Å². The number of carbonyl (C=O) groups excluding carboxylic acids is 1. The van der Waals surface area contributed by atoms with Gasteiger partial charge >= 0.3 is 0 Å². The summed E-state index contributed by atoms with van der Waals surface area (Å²) in [7, 11) is -3.49. The summed E-state index contributed by atoms with van der Waals surface area (Å²) in [5.74, 6) is -0.265. The number of hydrogen-bond donors (Lipinski definition) is 2. The summed E-state index contributed by atoms with van der Waals surface area (Å²) in [6, 6.07) is 14.2. The van der Waals surface area contributed by atoms with Crippen LogP contribution in [-0.2, 0) is 22.8 Å². The summed E-state index contributed by atoms with van der Waals surface area (Å²) in [6.07, 6.45) is 4.76. The molecule has 0 aliphatic carbocycles. The highest BCUT2D eigenvalue weighted by Gasteiger charge is 2.16. The van der Waals surface area contributed by atoms with E-state index in [1.54, 1.807) is 42.7 Å². The molecule has 2 aromatic carbocycles. The fraction of sp³-hybridized carbons (Fsp3) is 0.154. The van der Waals surface area contributed by atoms with E-state index < -0.39 is 9.84 Å². The number of H-pyrrole nitrogens is 1. The van der Waals surface area contributed by atoms with Crippen LogP contribution in [0.1, 0.15) is 32.9 Å². The van der Waals surface area contributed by atoms with Crippen LogP contribution >= 0.6 is 11.6 Å². The summed E-state index contributed by atoms with van der Waals surface area (Å²) in [5, 5.41) is 12.2. The van der Waals surface area contributed by atoms with Crippen LogP contribution < -0.4 is 5.32 Å². The Hall–Kier alpha value is -3.82. The van der Waals surface area contributed by atoms with Gasteiger partial charge < -0.3 is 5.32 Å². The lowest BCUT2D eigenvalue weighted by Crippen LogP contribution is -2.23. The second-order valence-electron chi connectivity index (χ2n) is 8.71. The minimum absolute atomic E-state index is 0.177. The van der Waals surface area contributed by atoms with Crippen molar-refractivity contribution in [3.63, 3.8) is 0 Å². The van der Waals surface area contributed by atoms with Gasteiger partial charge in [0.05, 0.1) is 28.2 Å². The number of fused-ring (bicyclic) bond motifs is 2. The predicted molar refractivity (Wildman–Crippen MR) is 139 cm³/mol. The molecule has 36 heavy (non-hydrogen) atoms. The van der Waals surface area contributed by atoms with Crippen LogP contribution in [0.3, 0.4) is 0 Å². The number of nitrogens with zero attached hydrogens (tertiary/aromatic N) is 3. The first-order valence-corrected chi connectivity index (χ1v) is 13.4. The number of sulfone groups is 1. The SMILES string of the molecule is Cc1cnc2c(S(C)(=O)=O)cc(Cc3cc(C(=O)NCc4[nH]nc5ccc(Cl)cc45)ccn3)cc2c1. The molecule has 0 aliphatic rings. The number of benzene rings is 2. The third-order valence-electron chi connectivity index (χ3n) is 5.83. The molecule has 0 saturated carbocycles. The Morgan fingerprint density at radius 1 is 1.08 bits per heavy atom. The summed E-state index contributed by atoms with van der Waals surface area (Å²) in [4.78, 5) is 21.8. The van der Waals surface area contributed by atoms with Gasteiger partial charge in [0.1, 0.15) is 0 Å². The van der Waals surface area contributed by atoms with Gasteiger partial charge in [-0.3, -0.25) is 19.9 Å². The second kappa shape index (κ2) is 9.33. The third kappa shape index (κ3) is 4.93. The monoisotopic (exact) mass is 519 g/mol. The minimum atomic E-state index is -3.49. The van der Waals surface area contributed by atoms with Crippen LogP contribution in [0.4, 0.5) is 0 Å². The molecule has 1 amide bonds. The van der Waals surface area contributed by atoms with Crippen LogP contribution in [0.2, 0.25) is 5.02 Å². The van der Waals surface area contributed by atoms with Gasteiger partial charge in [-0.1, -0.05) is 11.6 Å². The molecule has 0 atom stereocenters. The zero-order chi connectivity index (χ0) is 25.4. The first-order chi connectivity index (χ1) is 17.2. The molecular weight excluding hydrogens is 498 g/mol. The molecule has 0 radical (unpaired) electrons. The van der Waals surface area contributed by atoms with E-state index in [0.717, 1.165) is 33.1 Å². The minimum Gasteiger partial charge on any atom is -0.346 e. The van der Waals surface area contributed by atoms with Crippen molar-refractivity contribution in [2.24, 2.45) is 0 Å². The lowest BCUT2D eigenvalue weighted by atomic mass is 10.0. The number of nitrogens with one attached hydrogen (secondary N) is 2. The average molecular weight is 520 g/mol. The molecule has 10 heteroatoms. The quantitative estimate of drug-likeness (QED) is 0.343. The molecule has 8 nitrogen and oxygen atoms in total. The zero-order valence-electron chi connectivity index (χ0n) is 19.5. The van der Waals surface area contributed by atoms with Crippen molar-refractivity contribution in [3.8, 4) is 0 Å². The summed E-state index contributed by atoms with van der Waals surface area (Å²) in [5.41, 5.74) is 4.75. The van der Waals surface area contributed by atoms with Gasteiger partial charge in [-0.2, -0.15) is 5.10 Å². The molecule has 0 fully saturated rings. The van der Waals surface area contributed by atoms with Gasteiger partial charge in [0, 0.05) is 52.1 Å². The highest BCUT2D eigenvalue weighted by atomic mass is 35.5. The second-order valence-corrected chi connectivity index (χ2v) is 11.1. The van der Waals surface area contributed by atoms with Crippen molar-refractivity contribution in [3.05, 3.63) is 94.0 Å². The molecule has 0 unspecified atom stereocenters. The number of hydrogen-bond acceptors (Lipinski definition) is 6. The molecule has 5 aromatic rings. The Bertz CT molecular complexity index is 1750. The van der Waals surface area contributed by atoms with Crippen molar-refractivity contribution in [2.75, 3.05) is 6.26 Å². The molecule has 182 valence electrons. The van der Waals surface area contributed by atoms with E-state index in [9.17, 15) is 13.2 Å². The van der Waals surface area contributed by atoms with Gasteiger partial charge in [0.15, 0.2) is 9.84 Å². The van der Waals surface area contributed by atoms with Crippen LogP contribution in [0.5, 0.6) is 0 Å². The van der Waals surface area contributed by atoms with Gasteiger partial charge in [0.25, 0.3) is 5.91 Å². The Balaban J connectivity index is 1.38. The van der Waals surface area contributed by atoms with E-state index in [0.29, 0.717) is 28.2 Å². The van der Waals surface area contributed by atoms with Crippen molar-refractivity contribution in [1.82, 2.24) is 25.5 Å². The van der Waals surface area contributed by atoms with E-state index in [1.807, 2.05) is 25.1 Å². The average Bonchev–Trinajstić information content (AvgIpc) is 3.23. The van der Waals surface area contributed by atoms with E-state index in [2.05, 4.69) is 25.5 Å². The molecule has 0 aliphatic heterocycles. The predicted octanol–water partition coefficient (Wildman–Crippen LogP) is 4.39. The molecule has 0 spiro atoms. The number of aromatic nitrogens is 4. The van der Waals surface area contributed by atoms with Crippen molar-refractivity contribution < 1.29 is 13.2 Å². The highest BCUT2D eigenvalue weighted by molar-refractivity contribution is 7.91. The lowest BCUT2D eigenvalue weighted by Gasteiger charge is -2.10. The van der Waals surface area contributed by atoms with E-state index in [-0.39, 0.29) is 17.3 Å². The molecule has 0 saturated heterocycles. The van der Waals surface area contributed by atoms with Gasteiger partial charge in [-0.15, -0.1) is 0 Å². The van der Waals surface area contributed by atoms with Crippen LogP contribution in [-0.4, -0.2) is 40.7 Å². The Kier molecular flexibility index (Phi) is 6.19. The number of halogens is 1. The molecule has 5 rings (SSSR count). The van der Waals surface area contributed by atoms with Crippen molar-refractivity contribution >= 4 is 49.2 Å². The fourth-order valence-corrected chi connectivity index (χ4v) is 5.20. The van der Waals surface area contributed by atoms with Gasteiger partial charge in [-0.05, 0) is 66.6 Å². The highest BCUT2D eigenvalue weighted by Crippen LogP contribution is 2.26. The number of aryl methyl sites for hydroxylation is 1. The van der Waals surface area contributed by atoms with E-state index >= 15 is 0 Å². The van der Waals surface area contributed by atoms with Crippen molar-refractivity contribution in [1.29, 1.82) is 0 Å². The summed E-state index contributed by atoms with van der Waals surface area (Å²) < 4.78 is 24.9. The maximum Gasteiger partial charge on any atom is 0.251 e. The van der Waals surface area contributed by atoms with Crippen LogP contribution in [0, 0.1) is 6.92 Å². The standard InChI is InChI=1S/C26H22ClN5O3S/c1-15-7-18-8-16(10-24(36(2,34)35)25(18)29-13-15)9-20-11-17(5-6-28-20)26(33)30-14-23-21-12-19(27)3-4-22(21)31-32-23/h3-8,10-13H,9,14H2,1-2H3,(H,30,33)(H,31,32). The first-order valence-electron chi connectivity index (χ1n) is 11.1. The number of amides is 1. The third-order valence-corrected chi connectivity index (χ3v) is 7.17. The largest absolute Gasteiger partial charge is 0.346 e. The fourth-order valence-electron chi connectivity index (χ4n) is 4.14. The maximum atomic E-state index is 12.9. The molecule has 0 bridgehead atoms. The molecule has 3 heterocycles. The number of rotatable bonds is 6. The topological polar surface area (TPSA) is 118 Å². The maximum absolute atomic E-state index is 12.9. The normalized spacial score (nSPS) is 11.8. The zero-order valence-corrected chi connectivity index (χ0v) is 21.1. The molecule has 2 N–H and O–H groups in total. The number of aromatic amines is 1. The first kappa shape index (κ1) is 23.9. The Morgan fingerprint density at radius 3 is 2.72 bits per heavy atom. The summed E-state index contributed by atoms with van der Waals surface area (Å²) in [6.45, 7) is 2.16. The lowest BCUT2D eigenvalue weighted by molar-refractivity contribution is 0.0950. The summed E-state index contributed by atoms with van der Waals surface area (Å²) >= 11 is 6.09. The smallest absolute Gasteiger partial charge is 0.251 e. The Morgan fingerprint density at radius 2 is 1.92 bits per heavy atom. The Labute approximate surface area is 212 Å². The number of pyridine rings is 2. The van der Waals surface area contributed by atoms with Gasteiger partial charge in [-0.25, -0.2) is 8.42 Å². The van der Waals surface area contributed by atoms with Gasteiger partial charge in [0.2, 0.25) is 0 Å². The molecule has 3 aromatic heterocycles. The van der Waals surface area contributed by atoms with Crippen LogP contribution in [0.15, 0.2) is 65.8 Å². The van der Waals surface area contributed by atoms with Crippen LogP contribution in [0.25, 0.3) is 21.8 Å². The van der Waals surface area contributed by atoms with E-state index in [1.165, 1.54) is 6.26 Å². The number of carbonyl (C=O) groups is 1. The molecular formula is C26H22ClN5O3S.